The predicted molar refractivity (Wildman–Crippen MR) is 109 cm³/mol. The fraction of sp³-hybridized carbons (Fsp3) is 0.417. The molecule has 0 unspecified atom stereocenters. The van der Waals surface area contributed by atoms with Crippen LogP contribution in [0.3, 0.4) is 0 Å². The second-order valence-corrected chi connectivity index (χ2v) is 17.9. The molecule has 2 aromatic rings. The number of halogens is 6. The number of alkyl halides is 6. The first-order valence-electron chi connectivity index (χ1n) is 6.10. The minimum absolute atomic E-state index is 0.497. The second kappa shape index (κ2) is 8.11. The van der Waals surface area contributed by atoms with Crippen molar-refractivity contribution in [1.82, 2.24) is 15.0 Å². The highest BCUT2D eigenvalue weighted by Crippen LogP contribution is 2.46. The zero-order valence-electron chi connectivity index (χ0n) is 11.5. The molecule has 11 heteroatoms. The van der Waals surface area contributed by atoms with Gasteiger partial charge in [-0.05, 0) is 0 Å². The van der Waals surface area contributed by atoms with Crippen LogP contribution in [0, 0.1) is 0 Å². The molecule has 0 aliphatic rings. The summed E-state index contributed by atoms with van der Waals surface area (Å²) in [5.41, 5.74) is 0. The topological polar surface area (TPSA) is 61.0 Å². The summed E-state index contributed by atoms with van der Waals surface area (Å²) in [6.07, 6.45) is 2.80. The van der Waals surface area contributed by atoms with Crippen LogP contribution in [0.15, 0.2) is 16.7 Å². The Morgan fingerprint density at radius 3 is 1.96 bits per heavy atom. The van der Waals surface area contributed by atoms with Crippen LogP contribution >= 0.6 is 95.6 Å². The van der Waals surface area contributed by atoms with Gasteiger partial charge in [-0.25, -0.2) is 15.0 Å². The molecule has 0 aliphatic carbocycles. The highest BCUT2D eigenvalue weighted by Gasteiger charge is 2.31. The zero-order valence-corrected chi connectivity index (χ0v) is 21.0. The maximum Gasteiger partial charge on any atom is 0.194 e. The number of furan rings is 1. The maximum absolute atomic E-state index is 5.42. The Labute approximate surface area is 183 Å². The second-order valence-electron chi connectivity index (χ2n) is 4.35. The third kappa shape index (κ3) is 6.02. The van der Waals surface area contributed by atoms with Gasteiger partial charge < -0.3 is 9.15 Å². The van der Waals surface area contributed by atoms with Gasteiger partial charge in [0.25, 0.3) is 0 Å². The van der Waals surface area contributed by atoms with Gasteiger partial charge in [-0.3, -0.25) is 0 Å². The van der Waals surface area contributed by atoms with Crippen molar-refractivity contribution in [2.75, 3.05) is 7.11 Å². The van der Waals surface area contributed by atoms with Gasteiger partial charge in [-0.15, -0.1) is 0 Å². The molecule has 2 aromatic heterocycles. The lowest BCUT2D eigenvalue weighted by Gasteiger charge is -2.16. The summed E-state index contributed by atoms with van der Waals surface area (Å²) in [6, 6.07) is 1.84. The van der Waals surface area contributed by atoms with E-state index in [0.29, 0.717) is 36.1 Å². The smallest absolute Gasteiger partial charge is 0.194 e. The number of methoxy groups -OCH3 is 1. The lowest BCUT2D eigenvalue weighted by atomic mass is 10.2. The van der Waals surface area contributed by atoms with Crippen LogP contribution in [0.25, 0.3) is 0 Å². The number of ether oxygens (including phenoxy) is 1. The quantitative estimate of drug-likeness (QED) is 0.374. The van der Waals surface area contributed by atoms with Gasteiger partial charge in [0.15, 0.2) is 21.7 Å². The lowest BCUT2D eigenvalue weighted by molar-refractivity contribution is 0.404. The molecule has 0 amide bonds. The molecule has 0 aromatic carbocycles. The van der Waals surface area contributed by atoms with Crippen molar-refractivity contribution in [3.8, 4) is 5.75 Å². The van der Waals surface area contributed by atoms with Crippen molar-refractivity contribution in [1.29, 1.82) is 0 Å². The van der Waals surface area contributed by atoms with Crippen LogP contribution < -0.4 is 4.74 Å². The molecule has 0 aliphatic heterocycles. The van der Waals surface area contributed by atoms with Crippen LogP contribution in [0.2, 0.25) is 0 Å². The number of hydrogen-bond donors (Lipinski definition) is 0. The van der Waals surface area contributed by atoms with Crippen LogP contribution in [-0.2, 0) is 17.1 Å². The average molecular weight is 707 g/mol. The summed E-state index contributed by atoms with van der Waals surface area (Å²) in [5, 5.41) is 0. The van der Waals surface area contributed by atoms with Crippen molar-refractivity contribution in [3.63, 3.8) is 0 Å². The standard InChI is InChI=1S/C12H9Br6N3O2/c1-22-7-4-6(23-5-7)2-3-8-19-9(11(13,14)15)21-10(20-8)12(16,17)18/h4-5H,2-3H2,1H3. The van der Waals surface area contributed by atoms with Gasteiger partial charge in [0, 0.05) is 18.9 Å². The Kier molecular flexibility index (Phi) is 7.15. The largest absolute Gasteiger partial charge is 0.493 e. The van der Waals surface area contributed by atoms with Crippen LogP contribution in [0.4, 0.5) is 0 Å². The fourth-order valence-electron chi connectivity index (χ4n) is 1.62. The summed E-state index contributed by atoms with van der Waals surface area (Å²) in [7, 11) is 1.60. The van der Waals surface area contributed by atoms with E-state index in [0.717, 1.165) is 5.76 Å². The average Bonchev–Trinajstić information content (AvgIpc) is 2.91. The SMILES string of the molecule is COc1coc(CCc2nc(C(Br)(Br)Br)nc(C(Br)(Br)Br)n2)c1. The Morgan fingerprint density at radius 1 is 0.957 bits per heavy atom. The summed E-state index contributed by atoms with van der Waals surface area (Å²) in [6.45, 7) is 0. The van der Waals surface area contributed by atoms with Gasteiger partial charge in [0.05, 0.1) is 7.11 Å². The number of aryl methyl sites for hydroxylation is 2. The van der Waals surface area contributed by atoms with E-state index >= 15 is 0 Å². The highest BCUT2D eigenvalue weighted by atomic mass is 80.0. The summed E-state index contributed by atoms with van der Waals surface area (Å²) in [4.78, 5) is 13.3. The molecule has 23 heavy (non-hydrogen) atoms. The van der Waals surface area contributed by atoms with Crippen molar-refractivity contribution in [2.24, 2.45) is 0 Å². The van der Waals surface area contributed by atoms with Gasteiger partial charge in [0.2, 0.25) is 0 Å². The van der Waals surface area contributed by atoms with Gasteiger partial charge in [0.1, 0.15) is 17.8 Å². The molecular weight excluding hydrogens is 698 g/mol. The Hall–Kier alpha value is 0.970. The van der Waals surface area contributed by atoms with Crippen molar-refractivity contribution >= 4 is 95.6 Å². The highest BCUT2D eigenvalue weighted by molar-refractivity contribution is 9.39. The fourth-order valence-corrected chi connectivity index (χ4v) is 2.68. The third-order valence-corrected chi connectivity index (χ3v) is 4.78. The molecule has 126 valence electrons. The molecule has 0 bridgehead atoms. The van der Waals surface area contributed by atoms with E-state index in [1.807, 2.05) is 6.07 Å². The first-order valence-corrected chi connectivity index (χ1v) is 10.9. The molecule has 0 spiro atoms. The maximum atomic E-state index is 5.42. The molecule has 5 nitrogen and oxygen atoms in total. The number of hydrogen-bond acceptors (Lipinski definition) is 5. The zero-order chi connectivity index (χ0) is 17.3. The molecule has 2 heterocycles. The minimum Gasteiger partial charge on any atom is -0.493 e. The van der Waals surface area contributed by atoms with Gasteiger partial charge in [-0.2, -0.15) is 0 Å². The number of rotatable bonds is 4. The summed E-state index contributed by atoms with van der Waals surface area (Å²) >= 11 is 20.6. The normalized spacial score (nSPS) is 12.5. The molecule has 0 fully saturated rings. The molecule has 0 atom stereocenters. The van der Waals surface area contributed by atoms with E-state index in [9.17, 15) is 0 Å². The minimum atomic E-state index is -0.731. The lowest BCUT2D eigenvalue weighted by Crippen LogP contribution is -2.17. The molecule has 0 saturated heterocycles. The summed E-state index contributed by atoms with van der Waals surface area (Å²) < 4.78 is 9.06. The van der Waals surface area contributed by atoms with Gasteiger partial charge in [-0.1, -0.05) is 95.6 Å². The molecule has 2 rings (SSSR count). The van der Waals surface area contributed by atoms with E-state index in [1.54, 1.807) is 13.4 Å². The number of aromatic nitrogens is 3. The van der Waals surface area contributed by atoms with Crippen molar-refractivity contribution < 1.29 is 9.15 Å². The van der Waals surface area contributed by atoms with E-state index < -0.39 is 4.29 Å². The van der Waals surface area contributed by atoms with E-state index in [1.165, 1.54) is 0 Å². The first-order chi connectivity index (χ1) is 10.6. The van der Waals surface area contributed by atoms with Crippen LogP contribution in [-0.4, -0.2) is 22.1 Å². The van der Waals surface area contributed by atoms with Crippen LogP contribution in [0.5, 0.6) is 5.75 Å². The van der Waals surface area contributed by atoms with Crippen molar-refractivity contribution in [2.45, 2.75) is 17.1 Å². The molecular formula is C12H9Br6N3O2. The number of nitrogens with zero attached hydrogens (tertiary/aromatic N) is 3. The van der Waals surface area contributed by atoms with E-state index in [-0.39, 0.29) is 0 Å². The molecule has 0 saturated carbocycles. The van der Waals surface area contributed by atoms with Crippen molar-refractivity contribution in [3.05, 3.63) is 35.6 Å². The first kappa shape index (κ1) is 20.3. The molecule has 0 radical (unpaired) electrons. The van der Waals surface area contributed by atoms with E-state index in [2.05, 4.69) is 111 Å². The summed E-state index contributed by atoms with van der Waals surface area (Å²) in [5.74, 6) is 3.12. The van der Waals surface area contributed by atoms with E-state index in [4.69, 9.17) is 9.15 Å². The Morgan fingerprint density at radius 2 is 1.52 bits per heavy atom. The predicted octanol–water partition coefficient (Wildman–Crippen LogP) is 5.85. The Bertz CT molecular complexity index is 648. The third-order valence-electron chi connectivity index (χ3n) is 2.65. The monoisotopic (exact) mass is 701 g/mol. The van der Waals surface area contributed by atoms with Crippen LogP contribution in [0.1, 0.15) is 23.2 Å². The van der Waals surface area contributed by atoms with Gasteiger partial charge >= 0.3 is 0 Å². The molecule has 0 N–H and O–H groups in total. The Balaban J connectivity index is 2.26.